The first-order chi connectivity index (χ1) is 12.1. The number of nitrogen functional groups attached to an aromatic ring is 1. The molecule has 0 spiro atoms. The van der Waals surface area contributed by atoms with Crippen molar-refractivity contribution in [1.29, 1.82) is 0 Å². The second kappa shape index (κ2) is 6.16. The predicted octanol–water partition coefficient (Wildman–Crippen LogP) is 3.60. The third-order valence-electron chi connectivity index (χ3n) is 5.06. The first-order valence-electron chi connectivity index (χ1n) is 8.68. The smallest absolute Gasteiger partial charge is 0.316 e. The molecule has 2 amide bonds. The van der Waals surface area contributed by atoms with Crippen molar-refractivity contribution in [2.24, 2.45) is 5.73 Å². The zero-order valence-electron chi connectivity index (χ0n) is 14.1. The minimum Gasteiger partial charge on any atom is -0.397 e. The Bertz CT molecular complexity index is 886. The normalized spacial score (nSPS) is 16.9. The Labute approximate surface area is 147 Å². The van der Waals surface area contributed by atoms with Gasteiger partial charge in [0.2, 0.25) is 0 Å². The number of nitrogens with two attached hydrogens (primary N) is 2. The molecule has 0 aromatic heterocycles. The van der Waals surface area contributed by atoms with Crippen LogP contribution in [0, 0.1) is 0 Å². The molecular weight excluding hydrogens is 312 g/mol. The van der Waals surface area contributed by atoms with Gasteiger partial charge in [-0.1, -0.05) is 18.2 Å². The van der Waals surface area contributed by atoms with Gasteiger partial charge in [-0.3, -0.25) is 0 Å². The molecule has 5 heteroatoms. The maximum atomic E-state index is 11.3. The molecular formula is C20H22N4O. The summed E-state index contributed by atoms with van der Waals surface area (Å²) in [4.78, 5) is 11.3. The van der Waals surface area contributed by atoms with Crippen LogP contribution in [-0.4, -0.2) is 12.6 Å². The van der Waals surface area contributed by atoms with Crippen LogP contribution < -0.4 is 22.1 Å². The monoisotopic (exact) mass is 334 g/mol. The maximum Gasteiger partial charge on any atom is 0.316 e. The Morgan fingerprint density at radius 3 is 2.72 bits per heavy atom. The van der Waals surface area contributed by atoms with Crippen LogP contribution in [0.15, 0.2) is 30.3 Å². The molecule has 0 radical (unpaired) electrons. The standard InChI is InChI=1S/C20H22N4O/c21-17-7-3-6-15-13(11-23-19(15)17)10-12-8-9-18(24-20(22)25)16-5-2-1-4-14(12)16/h3,6-10,23H,1-2,4-5,11,21H2,(H3,22,24,25). The Morgan fingerprint density at radius 2 is 1.92 bits per heavy atom. The number of primary amides is 1. The number of amides is 2. The molecule has 0 saturated heterocycles. The highest BCUT2D eigenvalue weighted by molar-refractivity contribution is 5.97. The lowest BCUT2D eigenvalue weighted by molar-refractivity contribution is 0.259. The Balaban J connectivity index is 1.78. The molecule has 0 unspecified atom stereocenters. The molecule has 1 aliphatic carbocycles. The quantitative estimate of drug-likeness (QED) is 0.632. The minimum absolute atomic E-state index is 0.511. The van der Waals surface area contributed by atoms with Gasteiger partial charge >= 0.3 is 6.03 Å². The fourth-order valence-corrected chi connectivity index (χ4v) is 3.91. The predicted molar refractivity (Wildman–Crippen MR) is 104 cm³/mol. The van der Waals surface area contributed by atoms with Crippen LogP contribution in [0.5, 0.6) is 0 Å². The molecule has 6 N–H and O–H groups in total. The van der Waals surface area contributed by atoms with E-state index in [1.54, 1.807) is 0 Å². The van der Waals surface area contributed by atoms with Gasteiger partial charge in [0.25, 0.3) is 0 Å². The Morgan fingerprint density at radius 1 is 1.12 bits per heavy atom. The second-order valence-corrected chi connectivity index (χ2v) is 6.65. The molecule has 0 saturated carbocycles. The topological polar surface area (TPSA) is 93.2 Å². The van der Waals surface area contributed by atoms with Gasteiger partial charge in [-0.2, -0.15) is 0 Å². The summed E-state index contributed by atoms with van der Waals surface area (Å²) in [7, 11) is 0. The van der Waals surface area contributed by atoms with E-state index in [1.165, 1.54) is 34.2 Å². The van der Waals surface area contributed by atoms with E-state index < -0.39 is 6.03 Å². The van der Waals surface area contributed by atoms with E-state index in [9.17, 15) is 4.79 Å². The van der Waals surface area contributed by atoms with Crippen LogP contribution in [0.4, 0.5) is 21.9 Å². The molecule has 1 aliphatic heterocycles. The van der Waals surface area contributed by atoms with E-state index in [1.807, 2.05) is 18.2 Å². The lowest BCUT2D eigenvalue weighted by Gasteiger charge is -2.22. The van der Waals surface area contributed by atoms with E-state index in [0.29, 0.717) is 0 Å². The lowest BCUT2D eigenvalue weighted by Crippen LogP contribution is -2.21. The molecule has 4 rings (SSSR count). The summed E-state index contributed by atoms with van der Waals surface area (Å²) in [5.74, 6) is 0. The highest BCUT2D eigenvalue weighted by Crippen LogP contribution is 2.38. The molecule has 5 nitrogen and oxygen atoms in total. The molecule has 2 aliphatic rings. The SMILES string of the molecule is NC(=O)Nc1ccc(C=C2CNc3c(N)cccc32)c2c1CCCC2. The third kappa shape index (κ3) is 2.82. The number of hydrogen-bond donors (Lipinski definition) is 4. The number of benzene rings is 2. The van der Waals surface area contributed by atoms with Crippen molar-refractivity contribution in [2.45, 2.75) is 25.7 Å². The zero-order chi connectivity index (χ0) is 17.4. The Hall–Kier alpha value is -2.95. The van der Waals surface area contributed by atoms with Crippen molar-refractivity contribution in [1.82, 2.24) is 0 Å². The van der Waals surface area contributed by atoms with Gasteiger partial charge in [0.1, 0.15) is 0 Å². The van der Waals surface area contributed by atoms with Crippen molar-refractivity contribution in [2.75, 3.05) is 22.9 Å². The minimum atomic E-state index is -0.511. The van der Waals surface area contributed by atoms with E-state index >= 15 is 0 Å². The summed E-state index contributed by atoms with van der Waals surface area (Å²) in [6.45, 7) is 0.777. The van der Waals surface area contributed by atoms with E-state index in [-0.39, 0.29) is 0 Å². The average Bonchev–Trinajstić information content (AvgIpc) is 3.01. The first kappa shape index (κ1) is 15.6. The molecule has 0 atom stereocenters. The summed E-state index contributed by atoms with van der Waals surface area (Å²) >= 11 is 0. The van der Waals surface area contributed by atoms with Crippen LogP contribution in [-0.2, 0) is 12.8 Å². The molecule has 0 fully saturated rings. The van der Waals surface area contributed by atoms with Crippen molar-refractivity contribution in [3.8, 4) is 0 Å². The number of hydrogen-bond acceptors (Lipinski definition) is 3. The number of rotatable bonds is 2. The number of nitrogens with one attached hydrogen (secondary N) is 2. The molecule has 25 heavy (non-hydrogen) atoms. The van der Waals surface area contributed by atoms with Gasteiger partial charge in [-0.05, 0) is 66.2 Å². The second-order valence-electron chi connectivity index (χ2n) is 6.65. The van der Waals surface area contributed by atoms with E-state index in [0.717, 1.165) is 42.9 Å². The number of carbonyl (C=O) groups is 1. The van der Waals surface area contributed by atoms with Crippen molar-refractivity contribution >= 4 is 34.7 Å². The molecule has 2 aromatic rings. The number of fused-ring (bicyclic) bond motifs is 2. The molecule has 1 heterocycles. The number of anilines is 3. The number of carbonyl (C=O) groups excluding carboxylic acids is 1. The third-order valence-corrected chi connectivity index (χ3v) is 5.06. The fourth-order valence-electron chi connectivity index (χ4n) is 3.91. The lowest BCUT2D eigenvalue weighted by atomic mass is 9.86. The van der Waals surface area contributed by atoms with Gasteiger partial charge in [-0.15, -0.1) is 0 Å². The number of para-hydroxylation sites is 1. The van der Waals surface area contributed by atoms with Crippen LogP contribution in [0.1, 0.15) is 35.1 Å². The summed E-state index contributed by atoms with van der Waals surface area (Å²) in [5, 5.41) is 6.16. The van der Waals surface area contributed by atoms with Gasteiger partial charge in [0, 0.05) is 17.8 Å². The van der Waals surface area contributed by atoms with E-state index in [4.69, 9.17) is 11.5 Å². The van der Waals surface area contributed by atoms with Gasteiger partial charge in [-0.25, -0.2) is 4.79 Å². The Kier molecular flexibility index (Phi) is 3.84. The fraction of sp³-hybridized carbons (Fsp3) is 0.250. The summed E-state index contributed by atoms with van der Waals surface area (Å²) in [5.41, 5.74) is 20.2. The summed E-state index contributed by atoms with van der Waals surface area (Å²) < 4.78 is 0. The van der Waals surface area contributed by atoms with Gasteiger partial charge in [0.05, 0.1) is 11.4 Å². The van der Waals surface area contributed by atoms with Crippen LogP contribution in [0.2, 0.25) is 0 Å². The van der Waals surface area contributed by atoms with Crippen molar-refractivity contribution < 1.29 is 4.79 Å². The van der Waals surface area contributed by atoms with Gasteiger partial charge in [0.15, 0.2) is 0 Å². The van der Waals surface area contributed by atoms with Crippen molar-refractivity contribution in [3.63, 3.8) is 0 Å². The number of urea groups is 1. The highest BCUT2D eigenvalue weighted by Gasteiger charge is 2.20. The summed E-state index contributed by atoms with van der Waals surface area (Å²) in [6, 6.07) is 9.54. The average molecular weight is 334 g/mol. The van der Waals surface area contributed by atoms with Crippen LogP contribution in [0.3, 0.4) is 0 Å². The molecule has 0 bridgehead atoms. The van der Waals surface area contributed by atoms with Crippen LogP contribution in [0.25, 0.3) is 11.6 Å². The van der Waals surface area contributed by atoms with Gasteiger partial charge < -0.3 is 22.1 Å². The zero-order valence-corrected chi connectivity index (χ0v) is 14.1. The maximum absolute atomic E-state index is 11.3. The van der Waals surface area contributed by atoms with Crippen molar-refractivity contribution in [3.05, 3.63) is 52.6 Å². The van der Waals surface area contributed by atoms with E-state index in [2.05, 4.69) is 28.8 Å². The largest absolute Gasteiger partial charge is 0.397 e. The molecule has 128 valence electrons. The highest BCUT2D eigenvalue weighted by atomic mass is 16.2. The first-order valence-corrected chi connectivity index (χ1v) is 8.68. The molecule has 2 aromatic carbocycles. The summed E-state index contributed by atoms with van der Waals surface area (Å²) in [6.07, 6.45) is 6.56. The van der Waals surface area contributed by atoms with Crippen LogP contribution >= 0.6 is 0 Å².